The fourth-order valence-electron chi connectivity index (χ4n) is 3.27. The van der Waals surface area contributed by atoms with Crippen molar-refractivity contribution in [2.75, 3.05) is 18.4 Å². The first-order valence-electron chi connectivity index (χ1n) is 9.31. The van der Waals surface area contributed by atoms with Gasteiger partial charge in [0.1, 0.15) is 0 Å². The lowest BCUT2D eigenvalue weighted by Crippen LogP contribution is -2.33. The third-order valence-electron chi connectivity index (χ3n) is 4.66. The molecule has 3 rings (SSSR count). The first-order chi connectivity index (χ1) is 13.0. The van der Waals surface area contributed by atoms with Crippen LogP contribution in [-0.4, -0.2) is 34.8 Å². The quantitative estimate of drug-likeness (QED) is 0.799. The predicted octanol–water partition coefficient (Wildman–Crippen LogP) is 3.26. The van der Waals surface area contributed by atoms with Crippen LogP contribution in [0.1, 0.15) is 48.3 Å². The maximum atomic E-state index is 12.4. The van der Waals surface area contributed by atoms with Gasteiger partial charge in [-0.05, 0) is 43.0 Å². The summed E-state index contributed by atoms with van der Waals surface area (Å²) < 4.78 is 0. The van der Waals surface area contributed by atoms with Gasteiger partial charge in [0, 0.05) is 37.5 Å². The molecule has 6 nitrogen and oxygen atoms in total. The number of carbonyl (C=O) groups is 2. The van der Waals surface area contributed by atoms with Crippen LogP contribution in [0.15, 0.2) is 29.6 Å². The highest BCUT2D eigenvalue weighted by molar-refractivity contribution is 7.13. The van der Waals surface area contributed by atoms with Crippen LogP contribution in [0.3, 0.4) is 0 Å². The molecule has 1 aliphatic heterocycles. The Bertz CT molecular complexity index is 788. The van der Waals surface area contributed by atoms with E-state index in [4.69, 9.17) is 0 Å². The summed E-state index contributed by atoms with van der Waals surface area (Å²) in [5.41, 5.74) is 2.53. The minimum Gasteiger partial charge on any atom is -0.352 e. The fraction of sp³-hybridized carbons (Fsp3) is 0.450. The molecule has 1 aromatic heterocycles. The highest BCUT2D eigenvalue weighted by Gasteiger charge is 2.17. The number of nitrogens with zero attached hydrogens (tertiary/aromatic N) is 2. The highest BCUT2D eigenvalue weighted by Crippen LogP contribution is 2.21. The molecule has 0 saturated carbocycles. The minimum atomic E-state index is -0.173. The number of piperidine rings is 1. The average Bonchev–Trinajstić information content (AvgIpc) is 3.07. The van der Waals surface area contributed by atoms with Crippen molar-refractivity contribution >= 4 is 28.3 Å². The van der Waals surface area contributed by atoms with Crippen LogP contribution in [0, 0.1) is 5.92 Å². The van der Waals surface area contributed by atoms with Gasteiger partial charge in [0.15, 0.2) is 5.13 Å². The van der Waals surface area contributed by atoms with Crippen LogP contribution in [0.5, 0.6) is 0 Å². The SMILES string of the molecule is CC(=O)NCc1ccc(C(=O)Nc2nc(CN3CCCC(C)C3)cs2)cc1. The zero-order valence-corrected chi connectivity index (χ0v) is 16.6. The number of amides is 2. The summed E-state index contributed by atoms with van der Waals surface area (Å²) in [4.78, 5) is 30.4. The molecule has 1 fully saturated rings. The largest absolute Gasteiger partial charge is 0.352 e. The van der Waals surface area contributed by atoms with E-state index in [9.17, 15) is 9.59 Å². The summed E-state index contributed by atoms with van der Waals surface area (Å²) in [6.45, 7) is 7.31. The van der Waals surface area contributed by atoms with Gasteiger partial charge < -0.3 is 5.32 Å². The lowest BCUT2D eigenvalue weighted by molar-refractivity contribution is -0.119. The van der Waals surface area contributed by atoms with Crippen LogP contribution < -0.4 is 10.6 Å². The van der Waals surface area contributed by atoms with Gasteiger partial charge >= 0.3 is 0 Å². The van der Waals surface area contributed by atoms with Crippen LogP contribution in [-0.2, 0) is 17.9 Å². The lowest BCUT2D eigenvalue weighted by atomic mass is 10.0. The number of benzene rings is 1. The average molecular weight is 387 g/mol. The second-order valence-electron chi connectivity index (χ2n) is 7.19. The molecule has 1 atom stereocenters. The Labute approximate surface area is 164 Å². The van der Waals surface area contributed by atoms with Gasteiger partial charge in [0.25, 0.3) is 5.91 Å². The summed E-state index contributed by atoms with van der Waals surface area (Å²) in [7, 11) is 0. The van der Waals surface area contributed by atoms with Crippen molar-refractivity contribution in [2.45, 2.75) is 39.8 Å². The first-order valence-corrected chi connectivity index (χ1v) is 10.2. The van der Waals surface area contributed by atoms with Crippen molar-refractivity contribution in [3.05, 3.63) is 46.5 Å². The van der Waals surface area contributed by atoms with Crippen LogP contribution >= 0.6 is 11.3 Å². The molecule has 0 bridgehead atoms. The number of anilines is 1. The summed E-state index contributed by atoms with van der Waals surface area (Å²) in [5.74, 6) is 0.495. The van der Waals surface area contributed by atoms with Gasteiger partial charge in [-0.15, -0.1) is 11.3 Å². The molecule has 144 valence electrons. The van der Waals surface area contributed by atoms with E-state index in [2.05, 4.69) is 27.4 Å². The van der Waals surface area contributed by atoms with Crippen molar-refractivity contribution < 1.29 is 9.59 Å². The standard InChI is InChI=1S/C20H26N4O2S/c1-14-4-3-9-24(11-14)12-18-13-27-20(22-18)23-19(26)17-7-5-16(6-8-17)10-21-15(2)25/h5-8,13-14H,3-4,9-12H2,1-2H3,(H,21,25)(H,22,23,26). The Balaban J connectivity index is 1.53. The summed E-state index contributed by atoms with van der Waals surface area (Å²) >= 11 is 1.46. The molecule has 1 aromatic carbocycles. The number of thiazole rings is 1. The summed E-state index contributed by atoms with van der Waals surface area (Å²) in [5, 5.41) is 8.26. The second-order valence-corrected chi connectivity index (χ2v) is 8.05. The normalized spacial score (nSPS) is 17.5. The minimum absolute atomic E-state index is 0.0737. The number of rotatable bonds is 6. The van der Waals surface area contributed by atoms with E-state index < -0.39 is 0 Å². The Hall–Kier alpha value is -2.25. The van der Waals surface area contributed by atoms with Crippen molar-refractivity contribution in [1.29, 1.82) is 0 Å². The Morgan fingerprint density at radius 1 is 1.30 bits per heavy atom. The molecule has 2 aromatic rings. The molecule has 2 N–H and O–H groups in total. The molecule has 0 radical (unpaired) electrons. The number of nitrogens with one attached hydrogen (secondary N) is 2. The number of likely N-dealkylation sites (tertiary alicyclic amines) is 1. The van der Waals surface area contributed by atoms with Crippen LogP contribution in [0.4, 0.5) is 5.13 Å². The van der Waals surface area contributed by atoms with Crippen molar-refractivity contribution in [3.8, 4) is 0 Å². The monoisotopic (exact) mass is 386 g/mol. The molecule has 7 heteroatoms. The Morgan fingerprint density at radius 3 is 2.78 bits per heavy atom. The van der Waals surface area contributed by atoms with Gasteiger partial charge in [0.05, 0.1) is 5.69 Å². The molecule has 2 heterocycles. The van der Waals surface area contributed by atoms with Gasteiger partial charge in [-0.1, -0.05) is 19.1 Å². The predicted molar refractivity (Wildman–Crippen MR) is 108 cm³/mol. The molecule has 1 unspecified atom stereocenters. The van der Waals surface area contributed by atoms with Gasteiger partial charge in [-0.3, -0.25) is 19.8 Å². The Morgan fingerprint density at radius 2 is 2.07 bits per heavy atom. The molecule has 27 heavy (non-hydrogen) atoms. The van der Waals surface area contributed by atoms with Crippen LogP contribution in [0.2, 0.25) is 0 Å². The highest BCUT2D eigenvalue weighted by atomic mass is 32.1. The molecule has 1 saturated heterocycles. The van der Waals surface area contributed by atoms with Crippen molar-refractivity contribution in [2.24, 2.45) is 5.92 Å². The third-order valence-corrected chi connectivity index (χ3v) is 5.46. The van der Waals surface area contributed by atoms with Crippen molar-refractivity contribution in [3.63, 3.8) is 0 Å². The van der Waals surface area contributed by atoms with Gasteiger partial charge in [0.2, 0.25) is 5.91 Å². The zero-order valence-electron chi connectivity index (χ0n) is 15.8. The number of hydrogen-bond acceptors (Lipinski definition) is 5. The molecule has 0 aliphatic carbocycles. The summed E-state index contributed by atoms with van der Waals surface area (Å²) in [6.07, 6.45) is 2.55. The van der Waals surface area contributed by atoms with E-state index in [0.717, 1.165) is 36.8 Å². The second kappa shape index (κ2) is 9.10. The zero-order chi connectivity index (χ0) is 19.2. The smallest absolute Gasteiger partial charge is 0.257 e. The van der Waals surface area contributed by atoms with Gasteiger partial charge in [-0.25, -0.2) is 4.98 Å². The van der Waals surface area contributed by atoms with E-state index in [1.54, 1.807) is 12.1 Å². The van der Waals surface area contributed by atoms with E-state index in [-0.39, 0.29) is 11.8 Å². The maximum absolute atomic E-state index is 12.4. The van der Waals surface area contributed by atoms with E-state index in [1.807, 2.05) is 17.5 Å². The number of hydrogen-bond donors (Lipinski definition) is 2. The topological polar surface area (TPSA) is 74.3 Å². The van der Waals surface area contributed by atoms with E-state index in [1.165, 1.54) is 31.1 Å². The van der Waals surface area contributed by atoms with Gasteiger partial charge in [-0.2, -0.15) is 0 Å². The molecular formula is C20H26N4O2S. The number of aromatic nitrogens is 1. The first kappa shape index (κ1) is 19.5. The van der Waals surface area contributed by atoms with Crippen LogP contribution in [0.25, 0.3) is 0 Å². The van der Waals surface area contributed by atoms with E-state index >= 15 is 0 Å². The molecule has 2 amide bonds. The number of carbonyl (C=O) groups excluding carboxylic acids is 2. The summed E-state index contributed by atoms with van der Waals surface area (Å²) in [6, 6.07) is 7.21. The Kier molecular flexibility index (Phi) is 6.58. The molecular weight excluding hydrogens is 360 g/mol. The van der Waals surface area contributed by atoms with Crippen molar-refractivity contribution in [1.82, 2.24) is 15.2 Å². The molecule has 1 aliphatic rings. The fourth-order valence-corrected chi connectivity index (χ4v) is 3.96. The lowest BCUT2D eigenvalue weighted by Gasteiger charge is -2.30. The maximum Gasteiger partial charge on any atom is 0.257 e. The van der Waals surface area contributed by atoms with E-state index in [0.29, 0.717) is 17.2 Å². The molecule has 0 spiro atoms. The third kappa shape index (κ3) is 5.87.